The fourth-order valence-corrected chi connectivity index (χ4v) is 2.53. The Kier molecular flexibility index (Phi) is 3.68. The van der Waals surface area contributed by atoms with Crippen LogP contribution in [0.5, 0.6) is 0 Å². The van der Waals surface area contributed by atoms with Gasteiger partial charge < -0.3 is 14.9 Å². The van der Waals surface area contributed by atoms with Crippen molar-refractivity contribution in [2.45, 2.75) is 0 Å². The smallest absolute Gasteiger partial charge is 0.356 e. The van der Waals surface area contributed by atoms with Crippen LogP contribution in [0.1, 0.15) is 10.5 Å². The summed E-state index contributed by atoms with van der Waals surface area (Å²) in [5.74, 6) is -0.0282. The van der Waals surface area contributed by atoms with Gasteiger partial charge in [0.25, 0.3) is 0 Å². The fourth-order valence-electron chi connectivity index (χ4n) is 2.53. The molecule has 2 aromatic rings. The molecule has 0 atom stereocenters. The summed E-state index contributed by atoms with van der Waals surface area (Å²) in [5, 5.41) is 9.22. The normalized spacial score (nSPS) is 15.0. The zero-order valence-electron chi connectivity index (χ0n) is 11.5. The number of rotatable bonds is 3. The van der Waals surface area contributed by atoms with Gasteiger partial charge in [-0.15, -0.1) is 0 Å². The van der Waals surface area contributed by atoms with Crippen LogP contribution >= 0.6 is 0 Å². The molecule has 1 aliphatic heterocycles. The van der Waals surface area contributed by atoms with Gasteiger partial charge in [-0.2, -0.15) is 0 Å². The maximum atomic E-state index is 11.2. The fraction of sp³-hybridized carbons (Fsp3) is 0.267. The van der Waals surface area contributed by atoms with Crippen LogP contribution in [0.2, 0.25) is 0 Å². The van der Waals surface area contributed by atoms with Gasteiger partial charge in [-0.3, -0.25) is 0 Å². The van der Waals surface area contributed by atoms with Gasteiger partial charge in [-0.05, 0) is 24.3 Å². The van der Waals surface area contributed by atoms with Crippen LogP contribution in [0, 0.1) is 0 Å². The van der Waals surface area contributed by atoms with Crippen LogP contribution in [0.15, 0.2) is 42.7 Å². The lowest BCUT2D eigenvalue weighted by atomic mass is 10.2. The number of anilines is 2. The van der Waals surface area contributed by atoms with Crippen molar-refractivity contribution in [1.82, 2.24) is 9.97 Å². The first kappa shape index (κ1) is 13.4. The molecule has 108 valence electrons. The minimum atomic E-state index is -0.988. The molecule has 0 aliphatic carbocycles. The Labute approximate surface area is 122 Å². The molecule has 1 N–H and O–H groups in total. The summed E-state index contributed by atoms with van der Waals surface area (Å²) in [4.78, 5) is 23.8. The second kappa shape index (κ2) is 5.78. The summed E-state index contributed by atoms with van der Waals surface area (Å²) < 4.78 is 0. The molecule has 21 heavy (non-hydrogen) atoms. The van der Waals surface area contributed by atoms with Crippen molar-refractivity contribution in [3.63, 3.8) is 0 Å². The minimum Gasteiger partial charge on any atom is -0.476 e. The lowest BCUT2D eigenvalue weighted by Gasteiger charge is -2.36. The standard InChI is InChI=1S/C15H16N4O2/c20-15(21)14-12(4-3-7-17-14)18-8-10-19(11-9-18)13-5-1-2-6-16-13/h1-7H,8-11H2,(H,20,21). The van der Waals surface area contributed by atoms with Crippen LogP contribution in [-0.2, 0) is 0 Å². The molecule has 2 aromatic heterocycles. The molecule has 6 nitrogen and oxygen atoms in total. The van der Waals surface area contributed by atoms with E-state index in [2.05, 4.69) is 19.8 Å². The van der Waals surface area contributed by atoms with Crippen LogP contribution in [0.3, 0.4) is 0 Å². The topological polar surface area (TPSA) is 69.6 Å². The molecule has 0 unspecified atom stereocenters. The summed E-state index contributed by atoms with van der Waals surface area (Å²) >= 11 is 0. The van der Waals surface area contributed by atoms with E-state index in [0.717, 1.165) is 32.0 Å². The number of carboxylic acid groups (broad SMARTS) is 1. The highest BCUT2D eigenvalue weighted by molar-refractivity contribution is 5.92. The second-order valence-electron chi connectivity index (χ2n) is 4.84. The van der Waals surface area contributed by atoms with Gasteiger partial charge in [0.05, 0.1) is 5.69 Å². The van der Waals surface area contributed by atoms with E-state index in [1.165, 1.54) is 6.20 Å². The summed E-state index contributed by atoms with van der Waals surface area (Å²) in [6.45, 7) is 3.13. The van der Waals surface area contributed by atoms with Crippen LogP contribution in [-0.4, -0.2) is 47.2 Å². The number of aromatic nitrogens is 2. The van der Waals surface area contributed by atoms with Crippen molar-refractivity contribution in [1.29, 1.82) is 0 Å². The molecule has 1 fully saturated rings. The summed E-state index contributed by atoms with van der Waals surface area (Å²) in [6, 6.07) is 9.44. The van der Waals surface area contributed by atoms with E-state index in [1.54, 1.807) is 12.3 Å². The number of nitrogens with zero attached hydrogens (tertiary/aromatic N) is 4. The molecule has 6 heteroatoms. The number of hydrogen-bond donors (Lipinski definition) is 1. The van der Waals surface area contributed by atoms with Gasteiger partial charge in [-0.25, -0.2) is 14.8 Å². The number of hydrogen-bond acceptors (Lipinski definition) is 5. The first-order chi connectivity index (χ1) is 10.3. The number of carbonyl (C=O) groups is 1. The molecular formula is C15H16N4O2. The predicted octanol–water partition coefficient (Wildman–Crippen LogP) is 1.50. The van der Waals surface area contributed by atoms with Crippen molar-refractivity contribution >= 4 is 17.5 Å². The predicted molar refractivity (Wildman–Crippen MR) is 79.9 cm³/mol. The van der Waals surface area contributed by atoms with Gasteiger partial charge >= 0.3 is 5.97 Å². The Balaban J connectivity index is 1.73. The quantitative estimate of drug-likeness (QED) is 0.921. The molecule has 3 rings (SSSR count). The summed E-state index contributed by atoms with van der Waals surface area (Å²) in [7, 11) is 0. The molecule has 1 aliphatic rings. The van der Waals surface area contributed by atoms with Crippen molar-refractivity contribution in [2.24, 2.45) is 0 Å². The molecule has 0 bridgehead atoms. The number of piperazine rings is 1. The summed E-state index contributed by atoms with van der Waals surface area (Å²) in [5.41, 5.74) is 0.800. The molecule has 0 aromatic carbocycles. The minimum absolute atomic E-state index is 0.115. The Bertz CT molecular complexity index is 625. The van der Waals surface area contributed by atoms with E-state index in [4.69, 9.17) is 0 Å². The van der Waals surface area contributed by atoms with E-state index in [1.807, 2.05) is 24.3 Å². The van der Waals surface area contributed by atoms with E-state index in [-0.39, 0.29) is 5.69 Å². The maximum absolute atomic E-state index is 11.2. The highest BCUT2D eigenvalue weighted by Crippen LogP contribution is 2.21. The first-order valence-corrected chi connectivity index (χ1v) is 6.85. The maximum Gasteiger partial charge on any atom is 0.356 e. The van der Waals surface area contributed by atoms with Crippen LogP contribution < -0.4 is 9.80 Å². The second-order valence-corrected chi connectivity index (χ2v) is 4.84. The Morgan fingerprint density at radius 1 is 0.952 bits per heavy atom. The van der Waals surface area contributed by atoms with Gasteiger partial charge in [0.1, 0.15) is 5.82 Å². The molecule has 0 radical (unpaired) electrons. The third-order valence-corrected chi connectivity index (χ3v) is 3.58. The van der Waals surface area contributed by atoms with Gasteiger partial charge in [-0.1, -0.05) is 6.07 Å². The lowest BCUT2D eigenvalue weighted by molar-refractivity contribution is 0.0691. The zero-order valence-corrected chi connectivity index (χ0v) is 11.5. The molecule has 0 amide bonds. The van der Waals surface area contributed by atoms with Gasteiger partial charge in [0.2, 0.25) is 0 Å². The van der Waals surface area contributed by atoms with Crippen LogP contribution in [0.4, 0.5) is 11.5 Å². The Morgan fingerprint density at radius 2 is 1.67 bits per heavy atom. The van der Waals surface area contributed by atoms with Crippen molar-refractivity contribution in [3.05, 3.63) is 48.4 Å². The number of pyridine rings is 2. The first-order valence-electron chi connectivity index (χ1n) is 6.85. The number of aromatic carboxylic acids is 1. The average Bonchev–Trinajstić information content (AvgIpc) is 2.56. The van der Waals surface area contributed by atoms with E-state index in [0.29, 0.717) is 5.69 Å². The Hall–Kier alpha value is -2.63. The van der Waals surface area contributed by atoms with Gasteiger partial charge in [0.15, 0.2) is 5.69 Å². The molecule has 0 spiro atoms. The van der Waals surface area contributed by atoms with E-state index < -0.39 is 5.97 Å². The van der Waals surface area contributed by atoms with Gasteiger partial charge in [0, 0.05) is 38.6 Å². The third kappa shape index (κ3) is 2.79. The van der Waals surface area contributed by atoms with Crippen molar-refractivity contribution in [2.75, 3.05) is 36.0 Å². The largest absolute Gasteiger partial charge is 0.476 e. The molecule has 3 heterocycles. The molecule has 0 saturated carbocycles. The highest BCUT2D eigenvalue weighted by atomic mass is 16.4. The third-order valence-electron chi connectivity index (χ3n) is 3.58. The van der Waals surface area contributed by atoms with Crippen LogP contribution in [0.25, 0.3) is 0 Å². The molecular weight excluding hydrogens is 268 g/mol. The average molecular weight is 284 g/mol. The number of carboxylic acids is 1. The monoisotopic (exact) mass is 284 g/mol. The highest BCUT2D eigenvalue weighted by Gasteiger charge is 2.22. The Morgan fingerprint density at radius 3 is 2.33 bits per heavy atom. The van der Waals surface area contributed by atoms with E-state index >= 15 is 0 Å². The van der Waals surface area contributed by atoms with E-state index in [9.17, 15) is 9.90 Å². The lowest BCUT2D eigenvalue weighted by Crippen LogP contribution is -2.47. The molecule has 1 saturated heterocycles. The SMILES string of the molecule is O=C(O)c1ncccc1N1CCN(c2ccccn2)CC1. The van der Waals surface area contributed by atoms with Crippen molar-refractivity contribution < 1.29 is 9.90 Å². The zero-order chi connectivity index (χ0) is 14.7. The summed E-state index contributed by atoms with van der Waals surface area (Å²) in [6.07, 6.45) is 3.29. The van der Waals surface area contributed by atoms with Crippen molar-refractivity contribution in [3.8, 4) is 0 Å².